The Hall–Kier alpha value is -1.88. The SMILES string of the molecule is CCn1c(CN2CCC[C@@H](C(=O)N(C3CCCCC3)C3CCCCC3)C2)nc2ccccc21. The maximum Gasteiger partial charge on any atom is 0.227 e. The smallest absolute Gasteiger partial charge is 0.227 e. The molecule has 180 valence electrons. The molecule has 1 atom stereocenters. The van der Waals surface area contributed by atoms with Gasteiger partial charge in [-0.3, -0.25) is 9.69 Å². The van der Waals surface area contributed by atoms with Crippen molar-refractivity contribution in [2.45, 2.75) is 109 Å². The second-order valence-electron chi connectivity index (χ2n) is 10.7. The zero-order valence-corrected chi connectivity index (χ0v) is 20.6. The molecule has 1 aliphatic heterocycles. The van der Waals surface area contributed by atoms with Gasteiger partial charge in [0.1, 0.15) is 5.82 Å². The highest BCUT2D eigenvalue weighted by atomic mass is 16.2. The number of carbonyl (C=O) groups excluding carboxylic acids is 1. The summed E-state index contributed by atoms with van der Waals surface area (Å²) in [7, 11) is 0. The standard InChI is InChI=1S/C28H42N4O/c1-2-31-26-18-10-9-17-25(26)29-27(31)21-30-19-11-12-22(20-30)28(33)32(23-13-5-3-6-14-23)24-15-7-4-8-16-24/h9-10,17-18,22-24H,2-8,11-16,19-21H2,1H3/t22-/m1/s1. The lowest BCUT2D eigenvalue weighted by molar-refractivity contribution is -0.144. The van der Waals surface area contributed by atoms with Gasteiger partial charge in [0.05, 0.1) is 23.5 Å². The number of hydrogen-bond acceptors (Lipinski definition) is 3. The van der Waals surface area contributed by atoms with Crippen LogP contribution >= 0.6 is 0 Å². The fraction of sp³-hybridized carbons (Fsp3) is 0.714. The highest BCUT2D eigenvalue weighted by Gasteiger charge is 2.37. The van der Waals surface area contributed by atoms with E-state index in [2.05, 4.69) is 45.6 Å². The topological polar surface area (TPSA) is 41.4 Å². The van der Waals surface area contributed by atoms with Crippen molar-refractivity contribution in [1.29, 1.82) is 0 Å². The quantitative estimate of drug-likeness (QED) is 0.562. The summed E-state index contributed by atoms with van der Waals surface area (Å²) >= 11 is 0. The fourth-order valence-electron chi connectivity index (χ4n) is 6.79. The van der Waals surface area contributed by atoms with Gasteiger partial charge in [0.25, 0.3) is 0 Å². The first-order valence-electron chi connectivity index (χ1n) is 13.7. The third kappa shape index (κ3) is 4.99. The molecule has 1 aromatic carbocycles. The first kappa shape index (κ1) is 22.9. The molecule has 0 unspecified atom stereocenters. The summed E-state index contributed by atoms with van der Waals surface area (Å²) in [6.45, 7) is 5.94. The summed E-state index contributed by atoms with van der Waals surface area (Å²) in [5.41, 5.74) is 2.31. The number of rotatable bonds is 6. The third-order valence-electron chi connectivity index (χ3n) is 8.46. The molecule has 2 aromatic rings. The van der Waals surface area contributed by atoms with Crippen LogP contribution in [0, 0.1) is 5.92 Å². The van der Waals surface area contributed by atoms with E-state index in [-0.39, 0.29) is 5.92 Å². The first-order chi connectivity index (χ1) is 16.2. The molecule has 0 bridgehead atoms. The van der Waals surface area contributed by atoms with Crippen LogP contribution in [0.4, 0.5) is 0 Å². The van der Waals surface area contributed by atoms with E-state index in [0.717, 1.165) is 50.4 Å². The number of likely N-dealkylation sites (tertiary alicyclic amines) is 1. The Balaban J connectivity index is 1.31. The van der Waals surface area contributed by atoms with Gasteiger partial charge in [-0.05, 0) is 64.1 Å². The van der Waals surface area contributed by atoms with E-state index < -0.39 is 0 Å². The van der Waals surface area contributed by atoms with Crippen molar-refractivity contribution in [3.63, 3.8) is 0 Å². The molecule has 1 saturated heterocycles. The summed E-state index contributed by atoms with van der Waals surface area (Å²) < 4.78 is 2.34. The van der Waals surface area contributed by atoms with Gasteiger partial charge in [-0.1, -0.05) is 50.7 Å². The normalized spacial score (nSPS) is 23.7. The highest BCUT2D eigenvalue weighted by molar-refractivity contribution is 5.80. The predicted octanol–water partition coefficient (Wildman–Crippen LogP) is 5.76. The maximum atomic E-state index is 14.0. The van der Waals surface area contributed by atoms with Gasteiger partial charge in [-0.15, -0.1) is 0 Å². The second kappa shape index (κ2) is 10.6. The van der Waals surface area contributed by atoms with Crippen molar-refractivity contribution in [2.24, 2.45) is 5.92 Å². The van der Waals surface area contributed by atoms with Crippen LogP contribution in [-0.4, -0.2) is 50.4 Å². The molecule has 2 aliphatic carbocycles. The zero-order chi connectivity index (χ0) is 22.6. The van der Waals surface area contributed by atoms with Crippen molar-refractivity contribution in [2.75, 3.05) is 13.1 Å². The van der Waals surface area contributed by atoms with Crippen LogP contribution in [0.15, 0.2) is 24.3 Å². The van der Waals surface area contributed by atoms with Crippen molar-refractivity contribution in [1.82, 2.24) is 19.4 Å². The first-order valence-corrected chi connectivity index (χ1v) is 13.7. The number of piperidine rings is 1. The largest absolute Gasteiger partial charge is 0.336 e. The van der Waals surface area contributed by atoms with Gasteiger partial charge in [0.15, 0.2) is 0 Å². The monoisotopic (exact) mass is 450 g/mol. The van der Waals surface area contributed by atoms with E-state index in [1.54, 1.807) is 0 Å². The van der Waals surface area contributed by atoms with Gasteiger partial charge in [-0.2, -0.15) is 0 Å². The Labute approximate surface area is 199 Å². The third-order valence-corrected chi connectivity index (χ3v) is 8.46. The van der Waals surface area contributed by atoms with Crippen LogP contribution in [0.25, 0.3) is 11.0 Å². The summed E-state index contributed by atoms with van der Waals surface area (Å²) in [6.07, 6.45) is 14.9. The number of nitrogens with zero attached hydrogens (tertiary/aromatic N) is 4. The summed E-state index contributed by atoms with van der Waals surface area (Å²) in [5.74, 6) is 1.77. The van der Waals surface area contributed by atoms with Crippen LogP contribution in [0.2, 0.25) is 0 Å². The predicted molar refractivity (Wildman–Crippen MR) is 134 cm³/mol. The second-order valence-corrected chi connectivity index (χ2v) is 10.7. The van der Waals surface area contributed by atoms with Crippen molar-refractivity contribution in [3.8, 4) is 0 Å². The van der Waals surface area contributed by atoms with Crippen LogP contribution in [-0.2, 0) is 17.9 Å². The Morgan fingerprint density at radius 3 is 2.27 bits per heavy atom. The Morgan fingerprint density at radius 1 is 0.939 bits per heavy atom. The molecule has 1 aromatic heterocycles. The molecule has 3 aliphatic rings. The number of amides is 1. The molecule has 0 spiro atoms. The van der Waals surface area contributed by atoms with E-state index in [4.69, 9.17) is 4.98 Å². The van der Waals surface area contributed by atoms with Crippen LogP contribution in [0.5, 0.6) is 0 Å². The lowest BCUT2D eigenvalue weighted by Gasteiger charge is -2.44. The molecule has 33 heavy (non-hydrogen) atoms. The van der Waals surface area contributed by atoms with Crippen LogP contribution in [0.1, 0.15) is 89.8 Å². The van der Waals surface area contributed by atoms with Crippen molar-refractivity contribution >= 4 is 16.9 Å². The van der Waals surface area contributed by atoms with Gasteiger partial charge >= 0.3 is 0 Å². The molecule has 0 radical (unpaired) electrons. The lowest BCUT2D eigenvalue weighted by Crippen LogP contribution is -2.53. The molecule has 5 heteroatoms. The molecule has 5 rings (SSSR count). The molecular weight excluding hydrogens is 408 g/mol. The number of carbonyl (C=O) groups is 1. The zero-order valence-electron chi connectivity index (χ0n) is 20.6. The molecule has 1 amide bonds. The molecular formula is C28H42N4O. The molecule has 2 heterocycles. The summed E-state index contributed by atoms with van der Waals surface area (Å²) in [6, 6.07) is 9.44. The Morgan fingerprint density at radius 2 is 1.61 bits per heavy atom. The minimum atomic E-state index is 0.155. The molecule has 2 saturated carbocycles. The van der Waals surface area contributed by atoms with Crippen LogP contribution in [0.3, 0.4) is 0 Å². The average molecular weight is 451 g/mol. The average Bonchev–Trinajstić information content (AvgIpc) is 3.22. The number of fused-ring (bicyclic) bond motifs is 1. The van der Waals surface area contributed by atoms with E-state index >= 15 is 0 Å². The van der Waals surface area contributed by atoms with E-state index in [1.165, 1.54) is 69.7 Å². The Bertz CT molecular complexity index is 907. The van der Waals surface area contributed by atoms with Gasteiger partial charge < -0.3 is 9.47 Å². The Kier molecular flexibility index (Phi) is 7.34. The fourth-order valence-corrected chi connectivity index (χ4v) is 6.79. The number of benzene rings is 1. The van der Waals surface area contributed by atoms with Crippen molar-refractivity contribution < 1.29 is 4.79 Å². The number of hydrogen-bond donors (Lipinski definition) is 0. The molecule has 0 N–H and O–H groups in total. The minimum Gasteiger partial charge on any atom is -0.336 e. The molecule has 5 nitrogen and oxygen atoms in total. The van der Waals surface area contributed by atoms with Gasteiger partial charge in [0.2, 0.25) is 5.91 Å². The number of aromatic nitrogens is 2. The molecule has 3 fully saturated rings. The van der Waals surface area contributed by atoms with Crippen molar-refractivity contribution in [3.05, 3.63) is 30.1 Å². The maximum absolute atomic E-state index is 14.0. The van der Waals surface area contributed by atoms with Gasteiger partial charge in [0, 0.05) is 25.2 Å². The van der Waals surface area contributed by atoms with E-state index in [1.807, 2.05) is 0 Å². The van der Waals surface area contributed by atoms with Gasteiger partial charge in [-0.25, -0.2) is 4.98 Å². The summed E-state index contributed by atoms with van der Waals surface area (Å²) in [4.78, 5) is 23.9. The summed E-state index contributed by atoms with van der Waals surface area (Å²) in [5, 5.41) is 0. The number of para-hydroxylation sites is 2. The van der Waals surface area contributed by atoms with E-state index in [0.29, 0.717) is 18.0 Å². The number of imidazole rings is 1. The minimum absolute atomic E-state index is 0.155. The highest BCUT2D eigenvalue weighted by Crippen LogP contribution is 2.33. The lowest BCUT2D eigenvalue weighted by atomic mass is 9.86. The van der Waals surface area contributed by atoms with Crippen LogP contribution < -0.4 is 0 Å². The van der Waals surface area contributed by atoms with E-state index in [9.17, 15) is 4.79 Å². The number of aryl methyl sites for hydroxylation is 1.